The van der Waals surface area contributed by atoms with Crippen molar-refractivity contribution in [1.29, 1.82) is 0 Å². The zero-order chi connectivity index (χ0) is 13.8. The van der Waals surface area contributed by atoms with Crippen LogP contribution >= 0.6 is 11.8 Å². The van der Waals surface area contributed by atoms with E-state index in [1.165, 1.54) is 11.8 Å². The van der Waals surface area contributed by atoms with Gasteiger partial charge in [-0.15, -0.1) is 11.8 Å². The molecule has 0 saturated carbocycles. The number of rotatable bonds is 4. The van der Waals surface area contributed by atoms with Crippen LogP contribution in [-0.4, -0.2) is 34.8 Å². The average molecular weight is 280 g/mol. The number of anilines is 1. The van der Waals surface area contributed by atoms with Crippen molar-refractivity contribution in [3.8, 4) is 0 Å². The molecule has 0 spiro atoms. The maximum atomic E-state index is 11.9. The van der Waals surface area contributed by atoms with Crippen LogP contribution in [0.15, 0.2) is 29.2 Å². The van der Waals surface area contributed by atoms with Crippen LogP contribution in [0.2, 0.25) is 0 Å². The lowest BCUT2D eigenvalue weighted by atomic mass is 10.2. The van der Waals surface area contributed by atoms with Gasteiger partial charge in [-0.1, -0.05) is 12.1 Å². The first-order chi connectivity index (χ1) is 9.10. The molecule has 19 heavy (non-hydrogen) atoms. The van der Waals surface area contributed by atoms with Gasteiger partial charge in [-0.3, -0.25) is 9.59 Å². The number of aliphatic hydroxyl groups excluding tert-OH is 1. The maximum Gasteiger partial charge on any atom is 0.238 e. The molecule has 6 heteroatoms. The molecular formula is C13H16N2O3S. The van der Waals surface area contributed by atoms with Crippen LogP contribution in [0.5, 0.6) is 0 Å². The normalized spacial score (nSPS) is 19.3. The molecule has 0 bridgehead atoms. The van der Waals surface area contributed by atoms with Crippen molar-refractivity contribution in [2.75, 3.05) is 11.9 Å². The third-order valence-corrected chi connectivity index (χ3v) is 4.03. The van der Waals surface area contributed by atoms with Crippen LogP contribution in [-0.2, 0) is 9.59 Å². The highest BCUT2D eigenvalue weighted by Gasteiger charge is 2.28. The van der Waals surface area contributed by atoms with Gasteiger partial charge < -0.3 is 15.7 Å². The summed E-state index contributed by atoms with van der Waals surface area (Å²) in [6.45, 7) is 1.60. The van der Waals surface area contributed by atoms with Gasteiger partial charge in [0.15, 0.2) is 0 Å². The number of amides is 2. The fraction of sp³-hybridized carbons (Fsp3) is 0.385. The molecule has 1 aromatic rings. The van der Waals surface area contributed by atoms with Crippen molar-refractivity contribution >= 4 is 29.3 Å². The van der Waals surface area contributed by atoms with Crippen molar-refractivity contribution in [3.05, 3.63) is 24.3 Å². The van der Waals surface area contributed by atoms with Crippen LogP contribution in [0.1, 0.15) is 13.3 Å². The van der Waals surface area contributed by atoms with Crippen molar-refractivity contribution in [3.63, 3.8) is 0 Å². The number of thioether (sulfide) groups is 1. The fourth-order valence-corrected chi connectivity index (χ4v) is 2.89. The highest BCUT2D eigenvalue weighted by molar-refractivity contribution is 8.01. The van der Waals surface area contributed by atoms with E-state index in [1.54, 1.807) is 6.92 Å². The Balaban J connectivity index is 1.99. The van der Waals surface area contributed by atoms with E-state index in [-0.39, 0.29) is 30.9 Å². The number of fused-ring (bicyclic) bond motifs is 1. The molecule has 1 aliphatic rings. The highest BCUT2D eigenvalue weighted by Crippen LogP contribution is 2.36. The number of nitrogens with one attached hydrogen (secondary N) is 2. The SMILES string of the molecule is CC(CO)NC(=O)CC1Sc2ccccc2NC1=O. The number of hydrogen-bond donors (Lipinski definition) is 3. The minimum absolute atomic E-state index is 0.106. The molecule has 1 aromatic carbocycles. The zero-order valence-corrected chi connectivity index (χ0v) is 11.4. The van der Waals surface area contributed by atoms with Crippen LogP contribution in [0.25, 0.3) is 0 Å². The first kappa shape index (κ1) is 13.9. The van der Waals surface area contributed by atoms with Crippen molar-refractivity contribution in [2.24, 2.45) is 0 Å². The Morgan fingerprint density at radius 3 is 3.00 bits per heavy atom. The molecule has 5 nitrogen and oxygen atoms in total. The summed E-state index contributed by atoms with van der Waals surface area (Å²) in [4.78, 5) is 24.6. The highest BCUT2D eigenvalue weighted by atomic mass is 32.2. The van der Waals surface area contributed by atoms with E-state index >= 15 is 0 Å². The van der Waals surface area contributed by atoms with Gasteiger partial charge in [0.1, 0.15) is 0 Å². The molecule has 0 fully saturated rings. The van der Waals surface area contributed by atoms with E-state index in [0.717, 1.165) is 10.6 Å². The summed E-state index contributed by atoms with van der Waals surface area (Å²) in [5, 5.41) is 13.9. The standard InChI is InChI=1S/C13H16N2O3S/c1-8(7-16)14-12(17)6-11-13(18)15-9-4-2-3-5-10(9)19-11/h2-5,8,11,16H,6-7H2,1H3,(H,14,17)(H,15,18). The molecule has 0 aliphatic carbocycles. The molecule has 2 rings (SSSR count). The van der Waals surface area contributed by atoms with Crippen molar-refractivity contribution < 1.29 is 14.7 Å². The molecule has 0 radical (unpaired) electrons. The van der Waals surface area contributed by atoms with Gasteiger partial charge in [-0.05, 0) is 19.1 Å². The Bertz CT molecular complexity index is 493. The molecule has 2 unspecified atom stereocenters. The molecule has 1 aliphatic heterocycles. The predicted molar refractivity (Wildman–Crippen MR) is 74.0 cm³/mol. The zero-order valence-electron chi connectivity index (χ0n) is 10.6. The lowest BCUT2D eigenvalue weighted by molar-refractivity contribution is -0.124. The summed E-state index contributed by atoms with van der Waals surface area (Å²) in [5.74, 6) is -0.385. The van der Waals surface area contributed by atoms with Gasteiger partial charge in [-0.2, -0.15) is 0 Å². The first-order valence-corrected chi connectivity index (χ1v) is 6.95. The average Bonchev–Trinajstić information content (AvgIpc) is 2.39. The lowest BCUT2D eigenvalue weighted by Crippen LogP contribution is -2.39. The summed E-state index contributed by atoms with van der Waals surface area (Å²) < 4.78 is 0. The second-order valence-electron chi connectivity index (χ2n) is 4.45. The predicted octanol–water partition coefficient (Wildman–Crippen LogP) is 0.987. The number of carbonyl (C=O) groups excluding carboxylic acids is 2. The molecule has 1 heterocycles. The van der Waals surface area contributed by atoms with Gasteiger partial charge in [-0.25, -0.2) is 0 Å². The fourth-order valence-electron chi connectivity index (χ4n) is 1.77. The summed E-state index contributed by atoms with van der Waals surface area (Å²) in [6.07, 6.45) is 0.106. The Kier molecular flexibility index (Phi) is 4.44. The molecular weight excluding hydrogens is 264 g/mol. The largest absolute Gasteiger partial charge is 0.394 e. The summed E-state index contributed by atoms with van der Waals surface area (Å²) in [6, 6.07) is 7.21. The maximum absolute atomic E-state index is 11.9. The van der Waals surface area contributed by atoms with E-state index in [1.807, 2.05) is 24.3 Å². The van der Waals surface area contributed by atoms with Crippen molar-refractivity contribution in [2.45, 2.75) is 29.5 Å². The summed E-state index contributed by atoms with van der Waals surface area (Å²) in [7, 11) is 0. The second-order valence-corrected chi connectivity index (χ2v) is 5.69. The van der Waals surface area contributed by atoms with Gasteiger partial charge in [0.2, 0.25) is 11.8 Å². The van der Waals surface area contributed by atoms with Crippen LogP contribution in [0, 0.1) is 0 Å². The molecule has 0 aromatic heterocycles. The van der Waals surface area contributed by atoms with Crippen molar-refractivity contribution in [1.82, 2.24) is 5.32 Å². The monoisotopic (exact) mass is 280 g/mol. The number of para-hydroxylation sites is 1. The smallest absolute Gasteiger partial charge is 0.238 e. The number of benzene rings is 1. The molecule has 2 atom stereocenters. The first-order valence-electron chi connectivity index (χ1n) is 6.07. The van der Waals surface area contributed by atoms with Crippen LogP contribution in [0.3, 0.4) is 0 Å². The Hall–Kier alpha value is -1.53. The Morgan fingerprint density at radius 2 is 2.26 bits per heavy atom. The minimum Gasteiger partial charge on any atom is -0.394 e. The third kappa shape index (κ3) is 3.48. The minimum atomic E-state index is -0.430. The van der Waals surface area contributed by atoms with E-state index in [2.05, 4.69) is 10.6 Å². The summed E-state index contributed by atoms with van der Waals surface area (Å²) in [5.41, 5.74) is 0.790. The molecule has 102 valence electrons. The second kappa shape index (κ2) is 6.08. The quantitative estimate of drug-likeness (QED) is 0.768. The number of hydrogen-bond acceptors (Lipinski definition) is 4. The van der Waals surface area contributed by atoms with Crippen LogP contribution < -0.4 is 10.6 Å². The van der Waals surface area contributed by atoms with Gasteiger partial charge in [0, 0.05) is 17.4 Å². The van der Waals surface area contributed by atoms with E-state index < -0.39 is 5.25 Å². The van der Waals surface area contributed by atoms with E-state index in [4.69, 9.17) is 5.11 Å². The molecule has 0 saturated heterocycles. The van der Waals surface area contributed by atoms with Crippen LogP contribution in [0.4, 0.5) is 5.69 Å². The van der Waals surface area contributed by atoms with Gasteiger partial charge in [0.25, 0.3) is 0 Å². The summed E-state index contributed by atoms with van der Waals surface area (Å²) >= 11 is 1.39. The van der Waals surface area contributed by atoms with E-state index in [9.17, 15) is 9.59 Å². The lowest BCUT2D eigenvalue weighted by Gasteiger charge is -2.24. The van der Waals surface area contributed by atoms with Gasteiger partial charge >= 0.3 is 0 Å². The molecule has 3 N–H and O–H groups in total. The Labute approximate surface area is 115 Å². The molecule has 2 amide bonds. The number of aliphatic hydroxyl groups is 1. The Morgan fingerprint density at radius 1 is 1.53 bits per heavy atom. The third-order valence-electron chi connectivity index (χ3n) is 2.76. The number of carbonyl (C=O) groups is 2. The topological polar surface area (TPSA) is 78.4 Å². The van der Waals surface area contributed by atoms with E-state index in [0.29, 0.717) is 0 Å². The van der Waals surface area contributed by atoms with Gasteiger partial charge in [0.05, 0.1) is 17.5 Å².